The van der Waals surface area contributed by atoms with Crippen molar-refractivity contribution in [2.75, 3.05) is 46.6 Å². The average molecular weight is 244 g/mol. The van der Waals surface area contributed by atoms with Crippen LogP contribution >= 0.6 is 0 Å². The first-order valence-corrected chi connectivity index (χ1v) is 6.35. The number of ether oxygens (including phenoxy) is 2. The number of amides is 1. The van der Waals surface area contributed by atoms with Crippen LogP contribution in [0.4, 0.5) is 0 Å². The number of likely N-dealkylation sites (N-methyl/N-ethyl adjacent to an activating group) is 1. The first kappa shape index (κ1) is 14.4. The van der Waals surface area contributed by atoms with Crippen molar-refractivity contribution >= 4 is 5.91 Å². The lowest BCUT2D eigenvalue weighted by molar-refractivity contribution is -0.126. The standard InChI is InChI=1S/C12H24N2O3/c1-3-14-6-4-5-11(14)9-13-12(15)10-17-8-7-16-2/h11H,3-10H2,1-2H3,(H,13,15). The molecule has 5 heteroatoms. The Balaban J connectivity index is 2.06. The predicted octanol–water partition coefficient (Wildman–Crippen LogP) is 0.250. The van der Waals surface area contributed by atoms with E-state index in [-0.39, 0.29) is 12.5 Å². The Bertz CT molecular complexity index is 224. The number of rotatable bonds is 8. The zero-order valence-corrected chi connectivity index (χ0v) is 10.9. The van der Waals surface area contributed by atoms with Gasteiger partial charge in [-0.15, -0.1) is 0 Å². The molecule has 1 saturated heterocycles. The third-order valence-corrected chi connectivity index (χ3v) is 3.11. The molecule has 0 spiro atoms. The lowest BCUT2D eigenvalue weighted by Crippen LogP contribution is -2.41. The summed E-state index contributed by atoms with van der Waals surface area (Å²) in [7, 11) is 1.61. The number of hydrogen-bond donors (Lipinski definition) is 1. The molecule has 1 rings (SSSR count). The van der Waals surface area contributed by atoms with Crippen LogP contribution in [0.25, 0.3) is 0 Å². The second-order valence-corrected chi connectivity index (χ2v) is 4.27. The third-order valence-electron chi connectivity index (χ3n) is 3.11. The Morgan fingerprint density at radius 1 is 1.47 bits per heavy atom. The number of nitrogens with zero attached hydrogens (tertiary/aromatic N) is 1. The predicted molar refractivity (Wildman–Crippen MR) is 66.0 cm³/mol. The topological polar surface area (TPSA) is 50.8 Å². The summed E-state index contributed by atoms with van der Waals surface area (Å²) in [6.45, 7) is 6.23. The quantitative estimate of drug-likeness (QED) is 0.622. The van der Waals surface area contributed by atoms with Crippen molar-refractivity contribution in [1.82, 2.24) is 10.2 Å². The van der Waals surface area contributed by atoms with E-state index in [1.54, 1.807) is 7.11 Å². The summed E-state index contributed by atoms with van der Waals surface area (Å²) in [6, 6.07) is 0.503. The zero-order chi connectivity index (χ0) is 12.5. The highest BCUT2D eigenvalue weighted by molar-refractivity contribution is 5.77. The molecule has 0 radical (unpaired) electrons. The van der Waals surface area contributed by atoms with E-state index in [1.165, 1.54) is 12.8 Å². The van der Waals surface area contributed by atoms with E-state index >= 15 is 0 Å². The van der Waals surface area contributed by atoms with Gasteiger partial charge in [-0.2, -0.15) is 0 Å². The highest BCUT2D eigenvalue weighted by Crippen LogP contribution is 2.15. The maximum atomic E-state index is 11.5. The Labute approximate surface area is 103 Å². The number of likely N-dealkylation sites (tertiary alicyclic amines) is 1. The summed E-state index contributed by atoms with van der Waals surface area (Å²) in [5, 5.41) is 2.92. The van der Waals surface area contributed by atoms with Crippen molar-refractivity contribution in [3.05, 3.63) is 0 Å². The molecule has 1 atom stereocenters. The molecule has 1 unspecified atom stereocenters. The van der Waals surface area contributed by atoms with Crippen molar-refractivity contribution in [3.63, 3.8) is 0 Å². The van der Waals surface area contributed by atoms with Crippen LogP contribution in [0.2, 0.25) is 0 Å². The van der Waals surface area contributed by atoms with E-state index in [4.69, 9.17) is 9.47 Å². The Morgan fingerprint density at radius 3 is 3.00 bits per heavy atom. The summed E-state index contributed by atoms with van der Waals surface area (Å²) in [6.07, 6.45) is 2.41. The van der Waals surface area contributed by atoms with Crippen LogP contribution in [0.5, 0.6) is 0 Å². The fourth-order valence-electron chi connectivity index (χ4n) is 2.13. The molecule has 17 heavy (non-hydrogen) atoms. The number of hydrogen-bond acceptors (Lipinski definition) is 4. The van der Waals surface area contributed by atoms with E-state index in [2.05, 4.69) is 17.1 Å². The summed E-state index contributed by atoms with van der Waals surface area (Å²) >= 11 is 0. The van der Waals surface area contributed by atoms with Gasteiger partial charge in [-0.3, -0.25) is 9.69 Å². The Morgan fingerprint density at radius 2 is 2.29 bits per heavy atom. The summed E-state index contributed by atoms with van der Waals surface area (Å²) in [5.74, 6) is -0.0379. The Kier molecular flexibility index (Phi) is 7.16. The molecule has 0 aliphatic carbocycles. The monoisotopic (exact) mass is 244 g/mol. The first-order valence-electron chi connectivity index (χ1n) is 6.35. The third kappa shape index (κ3) is 5.48. The normalized spacial score (nSPS) is 20.7. The van der Waals surface area contributed by atoms with Gasteiger partial charge in [-0.1, -0.05) is 6.92 Å². The van der Waals surface area contributed by atoms with Crippen LogP contribution in [0.3, 0.4) is 0 Å². The van der Waals surface area contributed by atoms with Crippen LogP contribution < -0.4 is 5.32 Å². The molecule has 1 amide bonds. The second kappa shape index (κ2) is 8.44. The van der Waals surface area contributed by atoms with Crippen LogP contribution in [0, 0.1) is 0 Å². The van der Waals surface area contributed by atoms with Gasteiger partial charge < -0.3 is 14.8 Å². The minimum absolute atomic E-state index is 0.0379. The summed E-state index contributed by atoms with van der Waals surface area (Å²) in [4.78, 5) is 13.9. The molecule has 0 saturated carbocycles. The number of methoxy groups -OCH3 is 1. The number of carbonyl (C=O) groups excluding carboxylic acids is 1. The fourth-order valence-corrected chi connectivity index (χ4v) is 2.13. The number of carbonyl (C=O) groups is 1. The highest BCUT2D eigenvalue weighted by atomic mass is 16.5. The second-order valence-electron chi connectivity index (χ2n) is 4.27. The molecule has 1 aliphatic rings. The van der Waals surface area contributed by atoms with Gasteiger partial charge in [0.1, 0.15) is 6.61 Å². The highest BCUT2D eigenvalue weighted by Gasteiger charge is 2.22. The molecule has 1 N–H and O–H groups in total. The van der Waals surface area contributed by atoms with E-state index in [0.717, 1.165) is 19.6 Å². The van der Waals surface area contributed by atoms with Crippen LogP contribution in [-0.4, -0.2) is 63.4 Å². The van der Waals surface area contributed by atoms with Crippen molar-refractivity contribution in [3.8, 4) is 0 Å². The van der Waals surface area contributed by atoms with E-state index in [1.807, 2.05) is 0 Å². The molecule has 5 nitrogen and oxygen atoms in total. The van der Waals surface area contributed by atoms with Crippen LogP contribution in [0.15, 0.2) is 0 Å². The van der Waals surface area contributed by atoms with Gasteiger partial charge in [0, 0.05) is 19.7 Å². The smallest absolute Gasteiger partial charge is 0.246 e. The molecule has 100 valence electrons. The van der Waals surface area contributed by atoms with E-state index in [9.17, 15) is 4.79 Å². The molecule has 0 bridgehead atoms. The van der Waals surface area contributed by atoms with Crippen molar-refractivity contribution in [2.45, 2.75) is 25.8 Å². The minimum Gasteiger partial charge on any atom is -0.382 e. The van der Waals surface area contributed by atoms with Crippen LogP contribution in [-0.2, 0) is 14.3 Å². The maximum Gasteiger partial charge on any atom is 0.246 e. The van der Waals surface area contributed by atoms with Gasteiger partial charge in [0.2, 0.25) is 5.91 Å². The van der Waals surface area contributed by atoms with Gasteiger partial charge in [-0.25, -0.2) is 0 Å². The molecule has 0 aromatic carbocycles. The fraction of sp³-hybridized carbons (Fsp3) is 0.917. The molecular weight excluding hydrogens is 220 g/mol. The lowest BCUT2D eigenvalue weighted by Gasteiger charge is -2.22. The summed E-state index contributed by atoms with van der Waals surface area (Å²) in [5.41, 5.74) is 0. The maximum absolute atomic E-state index is 11.5. The molecule has 0 aromatic heterocycles. The minimum atomic E-state index is -0.0379. The van der Waals surface area contributed by atoms with Crippen molar-refractivity contribution in [1.29, 1.82) is 0 Å². The molecule has 1 heterocycles. The van der Waals surface area contributed by atoms with Gasteiger partial charge in [0.25, 0.3) is 0 Å². The first-order chi connectivity index (χ1) is 8.27. The Hall–Kier alpha value is -0.650. The van der Waals surface area contributed by atoms with Crippen molar-refractivity contribution in [2.24, 2.45) is 0 Å². The lowest BCUT2D eigenvalue weighted by atomic mass is 10.2. The van der Waals surface area contributed by atoms with Crippen molar-refractivity contribution < 1.29 is 14.3 Å². The zero-order valence-electron chi connectivity index (χ0n) is 10.9. The molecule has 0 aromatic rings. The van der Waals surface area contributed by atoms with Gasteiger partial charge in [0.05, 0.1) is 13.2 Å². The molecule has 1 aliphatic heterocycles. The largest absolute Gasteiger partial charge is 0.382 e. The SMILES string of the molecule is CCN1CCCC1CNC(=O)COCCOC. The van der Waals surface area contributed by atoms with Crippen LogP contribution in [0.1, 0.15) is 19.8 Å². The average Bonchev–Trinajstić information content (AvgIpc) is 2.79. The van der Waals surface area contributed by atoms with Gasteiger partial charge in [0.15, 0.2) is 0 Å². The van der Waals surface area contributed by atoms with Gasteiger partial charge in [-0.05, 0) is 25.9 Å². The molecular formula is C12H24N2O3. The number of nitrogens with one attached hydrogen (secondary N) is 1. The molecule has 1 fully saturated rings. The summed E-state index contributed by atoms with van der Waals surface area (Å²) < 4.78 is 9.98. The van der Waals surface area contributed by atoms with E-state index < -0.39 is 0 Å². The van der Waals surface area contributed by atoms with Gasteiger partial charge >= 0.3 is 0 Å². The van der Waals surface area contributed by atoms with E-state index in [0.29, 0.717) is 19.3 Å².